The Morgan fingerprint density at radius 1 is 0.946 bits per heavy atom. The Morgan fingerprint density at radius 2 is 1.57 bits per heavy atom. The molecule has 1 unspecified atom stereocenters. The number of amides is 2. The molecule has 0 fully saturated rings. The zero-order chi connectivity index (χ0) is 27.2. The predicted molar refractivity (Wildman–Crippen MR) is 137 cm³/mol. The third-order valence-corrected chi connectivity index (χ3v) is 7.57. The first-order valence-corrected chi connectivity index (χ1v) is 13.1. The van der Waals surface area contributed by atoms with Crippen molar-refractivity contribution in [3.8, 4) is 0 Å². The number of carbonyl (C=O) groups excluding carboxylic acids is 2. The van der Waals surface area contributed by atoms with E-state index in [0.717, 1.165) is 11.6 Å². The number of anilines is 1. The summed E-state index contributed by atoms with van der Waals surface area (Å²) in [5, 5.41) is 2.65. The van der Waals surface area contributed by atoms with E-state index < -0.39 is 46.1 Å². The molecule has 0 bridgehead atoms. The number of rotatable bonds is 10. The van der Waals surface area contributed by atoms with Crippen LogP contribution in [0.25, 0.3) is 0 Å². The molecule has 0 aliphatic carbocycles. The topological polar surface area (TPSA) is 86.8 Å². The Bertz CT molecular complexity index is 1350. The number of nitrogens with zero attached hydrogens (tertiary/aromatic N) is 2. The molecule has 0 spiro atoms. The van der Waals surface area contributed by atoms with E-state index in [1.807, 2.05) is 0 Å². The first-order valence-electron chi connectivity index (χ1n) is 11.7. The van der Waals surface area contributed by atoms with Crippen LogP contribution in [0.15, 0.2) is 77.7 Å². The molecule has 0 saturated heterocycles. The zero-order valence-electron chi connectivity index (χ0n) is 20.8. The van der Waals surface area contributed by atoms with Gasteiger partial charge in [-0.2, -0.15) is 0 Å². The Labute approximate surface area is 215 Å². The van der Waals surface area contributed by atoms with Crippen molar-refractivity contribution in [1.29, 1.82) is 0 Å². The Morgan fingerprint density at radius 3 is 2.16 bits per heavy atom. The maximum Gasteiger partial charge on any atom is 0.264 e. The minimum absolute atomic E-state index is 0.0902. The van der Waals surface area contributed by atoms with Crippen LogP contribution in [0.4, 0.5) is 14.5 Å². The molecule has 0 aromatic heterocycles. The van der Waals surface area contributed by atoms with Gasteiger partial charge in [0.25, 0.3) is 10.0 Å². The molecular formula is C27H29F2N3O4S. The highest BCUT2D eigenvalue weighted by Crippen LogP contribution is 2.27. The van der Waals surface area contributed by atoms with E-state index in [0.29, 0.717) is 16.4 Å². The van der Waals surface area contributed by atoms with E-state index in [-0.39, 0.29) is 17.1 Å². The molecule has 3 rings (SSSR count). The minimum atomic E-state index is -4.36. The summed E-state index contributed by atoms with van der Waals surface area (Å²) in [4.78, 5) is 27.3. The van der Waals surface area contributed by atoms with Crippen LogP contribution in [0.2, 0.25) is 0 Å². The number of aryl methyl sites for hydroxylation is 1. The van der Waals surface area contributed by atoms with Crippen molar-refractivity contribution < 1.29 is 26.8 Å². The normalized spacial score (nSPS) is 12.0. The summed E-state index contributed by atoms with van der Waals surface area (Å²) in [5.74, 6) is -2.47. The van der Waals surface area contributed by atoms with Crippen LogP contribution in [0.3, 0.4) is 0 Å². The number of benzene rings is 3. The number of hydrogen-bond donors (Lipinski definition) is 1. The van der Waals surface area contributed by atoms with E-state index in [4.69, 9.17) is 0 Å². The second-order valence-electron chi connectivity index (χ2n) is 8.49. The summed E-state index contributed by atoms with van der Waals surface area (Å²) in [6, 6.07) is 15.6. The lowest BCUT2D eigenvalue weighted by Gasteiger charge is -2.32. The average molecular weight is 530 g/mol. The second-order valence-corrected chi connectivity index (χ2v) is 10.4. The van der Waals surface area contributed by atoms with Gasteiger partial charge in [-0.05, 0) is 62.7 Å². The summed E-state index contributed by atoms with van der Waals surface area (Å²) < 4.78 is 56.2. The number of likely N-dealkylation sites (N-methyl/N-ethyl adjacent to an activating group) is 1. The molecule has 196 valence electrons. The van der Waals surface area contributed by atoms with Crippen LogP contribution in [-0.2, 0) is 26.2 Å². The number of nitrogens with one attached hydrogen (secondary N) is 1. The van der Waals surface area contributed by atoms with E-state index in [1.54, 1.807) is 26.0 Å². The molecule has 0 heterocycles. The van der Waals surface area contributed by atoms with Crippen molar-refractivity contribution in [2.45, 2.75) is 38.3 Å². The third kappa shape index (κ3) is 6.71. The lowest BCUT2D eigenvalue weighted by Crippen LogP contribution is -2.51. The number of hydrogen-bond acceptors (Lipinski definition) is 4. The fraction of sp³-hybridized carbons (Fsp3) is 0.259. The largest absolute Gasteiger partial charge is 0.355 e. The van der Waals surface area contributed by atoms with Crippen molar-refractivity contribution in [2.24, 2.45) is 0 Å². The summed E-state index contributed by atoms with van der Waals surface area (Å²) in [7, 11) is -4.36. The van der Waals surface area contributed by atoms with Gasteiger partial charge in [-0.3, -0.25) is 13.9 Å². The van der Waals surface area contributed by atoms with Gasteiger partial charge in [-0.15, -0.1) is 0 Å². The van der Waals surface area contributed by atoms with Crippen LogP contribution in [-0.4, -0.2) is 44.3 Å². The average Bonchev–Trinajstić information content (AvgIpc) is 2.87. The van der Waals surface area contributed by atoms with Crippen LogP contribution in [0.1, 0.15) is 25.0 Å². The monoisotopic (exact) mass is 529 g/mol. The van der Waals surface area contributed by atoms with Gasteiger partial charge in [-0.1, -0.05) is 42.0 Å². The molecule has 1 N–H and O–H groups in total. The molecule has 3 aromatic rings. The Balaban J connectivity index is 2.03. The Hall–Kier alpha value is -3.79. The number of carbonyl (C=O) groups is 2. The van der Waals surface area contributed by atoms with Gasteiger partial charge in [-0.25, -0.2) is 17.2 Å². The number of sulfonamides is 1. The van der Waals surface area contributed by atoms with Crippen LogP contribution >= 0.6 is 0 Å². The molecule has 0 aliphatic rings. The third-order valence-electron chi connectivity index (χ3n) is 5.79. The summed E-state index contributed by atoms with van der Waals surface area (Å²) in [5.41, 5.74) is 1.06. The highest BCUT2D eigenvalue weighted by Gasteiger charge is 2.33. The van der Waals surface area contributed by atoms with Gasteiger partial charge in [0.1, 0.15) is 24.2 Å². The quantitative estimate of drug-likeness (QED) is 0.430. The molecule has 1 atom stereocenters. The highest BCUT2D eigenvalue weighted by atomic mass is 32.2. The lowest BCUT2D eigenvalue weighted by molar-refractivity contribution is -0.139. The van der Waals surface area contributed by atoms with Gasteiger partial charge in [0.05, 0.1) is 10.6 Å². The molecule has 2 amide bonds. The highest BCUT2D eigenvalue weighted by molar-refractivity contribution is 7.92. The van der Waals surface area contributed by atoms with Gasteiger partial charge in [0, 0.05) is 13.1 Å². The molecule has 0 saturated carbocycles. The lowest BCUT2D eigenvalue weighted by atomic mass is 10.1. The summed E-state index contributed by atoms with van der Waals surface area (Å²) in [6.07, 6.45) is 0. The van der Waals surface area contributed by atoms with Gasteiger partial charge < -0.3 is 10.2 Å². The SMILES string of the molecule is CCNC(=O)C(C)N(Cc1ccc(F)cc1)C(=O)CN(c1ccccc1F)S(=O)(=O)c1ccc(C)cc1. The van der Waals surface area contributed by atoms with Crippen molar-refractivity contribution in [3.63, 3.8) is 0 Å². The van der Waals surface area contributed by atoms with E-state index >= 15 is 0 Å². The first-order chi connectivity index (χ1) is 17.5. The van der Waals surface area contributed by atoms with Crippen LogP contribution in [0.5, 0.6) is 0 Å². The standard InChI is InChI=1S/C27H29F2N3O4S/c1-4-30-27(34)20(3)31(17-21-11-13-22(28)14-12-21)26(33)18-32(25-8-6-5-7-24(25)29)37(35,36)23-15-9-19(2)10-16-23/h5-16,20H,4,17-18H2,1-3H3,(H,30,34). The van der Waals surface area contributed by atoms with Gasteiger partial charge in [0.15, 0.2) is 0 Å². The maximum atomic E-state index is 14.8. The second kappa shape index (κ2) is 12.0. The molecular weight excluding hydrogens is 500 g/mol. The molecule has 10 heteroatoms. The Kier molecular flexibility index (Phi) is 8.99. The molecule has 37 heavy (non-hydrogen) atoms. The van der Waals surface area contributed by atoms with Crippen molar-refractivity contribution in [3.05, 3.63) is 95.6 Å². The molecule has 0 radical (unpaired) electrons. The van der Waals surface area contributed by atoms with Crippen molar-refractivity contribution in [1.82, 2.24) is 10.2 Å². The van der Waals surface area contributed by atoms with E-state index in [1.165, 1.54) is 66.4 Å². The minimum Gasteiger partial charge on any atom is -0.355 e. The van der Waals surface area contributed by atoms with Crippen molar-refractivity contribution >= 4 is 27.5 Å². The van der Waals surface area contributed by atoms with Crippen LogP contribution in [0, 0.1) is 18.6 Å². The summed E-state index contributed by atoms with van der Waals surface area (Å²) in [6.45, 7) is 4.50. The molecule has 7 nitrogen and oxygen atoms in total. The zero-order valence-corrected chi connectivity index (χ0v) is 21.6. The first kappa shape index (κ1) is 27.8. The summed E-state index contributed by atoms with van der Waals surface area (Å²) >= 11 is 0. The number of para-hydroxylation sites is 1. The smallest absolute Gasteiger partial charge is 0.264 e. The molecule has 0 aliphatic heterocycles. The number of halogens is 2. The van der Waals surface area contributed by atoms with E-state index in [9.17, 15) is 26.8 Å². The van der Waals surface area contributed by atoms with Gasteiger partial charge >= 0.3 is 0 Å². The van der Waals surface area contributed by atoms with E-state index in [2.05, 4.69) is 5.32 Å². The van der Waals surface area contributed by atoms with Gasteiger partial charge in [0.2, 0.25) is 11.8 Å². The fourth-order valence-electron chi connectivity index (χ4n) is 3.70. The van der Waals surface area contributed by atoms with Crippen molar-refractivity contribution in [2.75, 3.05) is 17.4 Å². The van der Waals surface area contributed by atoms with Crippen LogP contribution < -0.4 is 9.62 Å². The predicted octanol–water partition coefficient (Wildman–Crippen LogP) is 4.02. The fourth-order valence-corrected chi connectivity index (χ4v) is 5.12. The maximum absolute atomic E-state index is 14.8. The molecule has 3 aromatic carbocycles.